The van der Waals surface area contributed by atoms with Gasteiger partial charge in [0.25, 0.3) is 0 Å². The van der Waals surface area contributed by atoms with E-state index in [0.29, 0.717) is 18.5 Å². The van der Waals surface area contributed by atoms with Gasteiger partial charge in [0.15, 0.2) is 0 Å². The second-order valence-corrected chi connectivity index (χ2v) is 2.94. The molecule has 0 radical (unpaired) electrons. The van der Waals surface area contributed by atoms with Crippen LogP contribution < -0.4 is 5.32 Å². The molecule has 0 spiro atoms. The molecule has 0 fully saturated rings. The van der Waals surface area contributed by atoms with Gasteiger partial charge in [0.05, 0.1) is 25.2 Å². The Balaban J connectivity index is 0.00000225. The van der Waals surface area contributed by atoms with Gasteiger partial charge >= 0.3 is 5.97 Å². The number of ether oxygens (including phenoxy) is 1. The van der Waals surface area contributed by atoms with Crippen LogP contribution in [0.25, 0.3) is 0 Å². The van der Waals surface area contributed by atoms with Crippen molar-refractivity contribution in [2.75, 3.05) is 19.0 Å². The highest BCUT2D eigenvalue weighted by Gasteiger charge is 1.99. The number of carbonyl (C=O) groups is 1. The standard InChI is InChI=1S/C11H12N2O2.ClH/c1-15-11(14)6-7-13-10-4-2-9(8-12)3-5-10;/h2-5,13H,6-7H2,1H3;1H. The minimum Gasteiger partial charge on any atom is -0.469 e. The molecule has 4 nitrogen and oxygen atoms in total. The Morgan fingerprint density at radius 2 is 2.06 bits per heavy atom. The number of methoxy groups -OCH3 is 1. The molecule has 0 aliphatic carbocycles. The van der Waals surface area contributed by atoms with Gasteiger partial charge in [-0.25, -0.2) is 0 Å². The molecule has 1 rings (SSSR count). The van der Waals surface area contributed by atoms with Crippen molar-refractivity contribution in [1.82, 2.24) is 0 Å². The fraction of sp³-hybridized carbons (Fsp3) is 0.273. The van der Waals surface area contributed by atoms with Gasteiger partial charge in [-0.3, -0.25) is 4.79 Å². The molecule has 0 amide bonds. The smallest absolute Gasteiger partial charge is 0.307 e. The lowest BCUT2D eigenvalue weighted by Crippen LogP contribution is -2.09. The van der Waals surface area contributed by atoms with E-state index in [-0.39, 0.29) is 18.4 Å². The third-order valence-electron chi connectivity index (χ3n) is 1.90. The summed E-state index contributed by atoms with van der Waals surface area (Å²) in [6, 6.07) is 9.08. The Morgan fingerprint density at radius 3 is 2.56 bits per heavy atom. The maximum Gasteiger partial charge on any atom is 0.307 e. The fourth-order valence-electron chi connectivity index (χ4n) is 1.07. The van der Waals surface area contributed by atoms with E-state index in [4.69, 9.17) is 5.26 Å². The molecular formula is C11H13ClN2O2. The molecule has 16 heavy (non-hydrogen) atoms. The first-order valence-corrected chi connectivity index (χ1v) is 4.57. The molecule has 0 aliphatic rings. The largest absolute Gasteiger partial charge is 0.469 e. The molecule has 0 heterocycles. The van der Waals surface area contributed by atoms with Crippen LogP contribution in [-0.2, 0) is 9.53 Å². The lowest BCUT2D eigenvalue weighted by Gasteiger charge is -2.04. The highest BCUT2D eigenvalue weighted by atomic mass is 35.5. The lowest BCUT2D eigenvalue weighted by molar-refractivity contribution is -0.140. The molecule has 1 aromatic carbocycles. The summed E-state index contributed by atoms with van der Waals surface area (Å²) in [5, 5.41) is 11.6. The number of anilines is 1. The predicted molar refractivity (Wildman–Crippen MR) is 63.5 cm³/mol. The molecule has 1 aromatic rings. The van der Waals surface area contributed by atoms with Crippen molar-refractivity contribution in [2.45, 2.75) is 6.42 Å². The van der Waals surface area contributed by atoms with E-state index in [2.05, 4.69) is 10.1 Å². The number of halogens is 1. The van der Waals surface area contributed by atoms with Gasteiger partial charge in [0, 0.05) is 12.2 Å². The van der Waals surface area contributed by atoms with E-state index in [1.165, 1.54) is 7.11 Å². The molecule has 5 heteroatoms. The van der Waals surface area contributed by atoms with Gasteiger partial charge in [-0.15, -0.1) is 12.4 Å². The predicted octanol–water partition coefficient (Wildman–Crippen LogP) is 1.96. The number of hydrogen-bond donors (Lipinski definition) is 1. The Labute approximate surface area is 101 Å². The normalized spacial score (nSPS) is 8.50. The van der Waals surface area contributed by atoms with Crippen molar-refractivity contribution in [1.29, 1.82) is 5.26 Å². The van der Waals surface area contributed by atoms with Gasteiger partial charge in [-0.05, 0) is 24.3 Å². The number of nitrogens with zero attached hydrogens (tertiary/aromatic N) is 1. The molecule has 0 unspecified atom stereocenters. The van der Waals surface area contributed by atoms with Crippen molar-refractivity contribution in [3.63, 3.8) is 0 Å². The highest BCUT2D eigenvalue weighted by Crippen LogP contribution is 2.08. The molecule has 0 bridgehead atoms. The van der Waals surface area contributed by atoms with E-state index >= 15 is 0 Å². The Morgan fingerprint density at radius 1 is 1.44 bits per heavy atom. The van der Waals surface area contributed by atoms with Gasteiger partial charge in [-0.2, -0.15) is 5.26 Å². The average molecular weight is 241 g/mol. The second kappa shape index (κ2) is 7.55. The summed E-state index contributed by atoms with van der Waals surface area (Å²) in [4.78, 5) is 10.8. The Hall–Kier alpha value is -1.73. The molecule has 1 N–H and O–H groups in total. The summed E-state index contributed by atoms with van der Waals surface area (Å²) in [5.41, 5.74) is 1.51. The first-order valence-electron chi connectivity index (χ1n) is 4.57. The number of hydrogen-bond acceptors (Lipinski definition) is 4. The van der Waals surface area contributed by atoms with Crippen LogP contribution in [0, 0.1) is 11.3 Å². The second-order valence-electron chi connectivity index (χ2n) is 2.94. The van der Waals surface area contributed by atoms with Crippen LogP contribution in [0.15, 0.2) is 24.3 Å². The van der Waals surface area contributed by atoms with E-state index in [9.17, 15) is 4.79 Å². The lowest BCUT2D eigenvalue weighted by atomic mass is 10.2. The van der Waals surface area contributed by atoms with E-state index in [0.717, 1.165) is 5.69 Å². The minimum absolute atomic E-state index is 0. The van der Waals surface area contributed by atoms with E-state index < -0.39 is 0 Å². The zero-order valence-electron chi connectivity index (χ0n) is 8.90. The van der Waals surface area contributed by atoms with Crippen LogP contribution >= 0.6 is 12.4 Å². The van der Waals surface area contributed by atoms with Gasteiger partial charge in [-0.1, -0.05) is 0 Å². The van der Waals surface area contributed by atoms with Crippen molar-refractivity contribution in [3.05, 3.63) is 29.8 Å². The minimum atomic E-state index is -0.240. The molecule has 0 saturated carbocycles. The van der Waals surface area contributed by atoms with Crippen LogP contribution in [0.2, 0.25) is 0 Å². The number of rotatable bonds is 4. The molecule has 0 aliphatic heterocycles. The van der Waals surface area contributed by atoms with Crippen LogP contribution in [0.1, 0.15) is 12.0 Å². The van der Waals surface area contributed by atoms with Crippen LogP contribution in [0.5, 0.6) is 0 Å². The zero-order valence-corrected chi connectivity index (χ0v) is 9.71. The van der Waals surface area contributed by atoms with Gasteiger partial charge in [0.1, 0.15) is 0 Å². The van der Waals surface area contributed by atoms with Gasteiger partial charge in [0.2, 0.25) is 0 Å². The number of esters is 1. The van der Waals surface area contributed by atoms with Crippen molar-refractivity contribution in [2.24, 2.45) is 0 Å². The van der Waals surface area contributed by atoms with Crippen molar-refractivity contribution in [3.8, 4) is 6.07 Å². The van der Waals surface area contributed by atoms with Crippen LogP contribution in [0.4, 0.5) is 5.69 Å². The summed E-state index contributed by atoms with van der Waals surface area (Å²) < 4.78 is 4.50. The highest BCUT2D eigenvalue weighted by molar-refractivity contribution is 5.85. The molecule has 0 atom stereocenters. The number of nitriles is 1. The average Bonchev–Trinajstić information content (AvgIpc) is 2.29. The summed E-state index contributed by atoms with van der Waals surface area (Å²) >= 11 is 0. The zero-order chi connectivity index (χ0) is 11.1. The molecule has 0 aromatic heterocycles. The quantitative estimate of drug-likeness (QED) is 0.818. The molecular weight excluding hydrogens is 228 g/mol. The summed E-state index contributed by atoms with van der Waals surface area (Å²) in [6.45, 7) is 0.526. The first kappa shape index (κ1) is 14.3. The summed E-state index contributed by atoms with van der Waals surface area (Å²) in [7, 11) is 1.37. The topological polar surface area (TPSA) is 62.1 Å². The van der Waals surface area contributed by atoms with Crippen molar-refractivity contribution >= 4 is 24.1 Å². The van der Waals surface area contributed by atoms with E-state index in [1.54, 1.807) is 24.3 Å². The molecule has 86 valence electrons. The maximum absolute atomic E-state index is 10.8. The van der Waals surface area contributed by atoms with Crippen LogP contribution in [0.3, 0.4) is 0 Å². The van der Waals surface area contributed by atoms with E-state index in [1.807, 2.05) is 6.07 Å². The Bertz CT molecular complexity index is 371. The SMILES string of the molecule is COC(=O)CCNc1ccc(C#N)cc1.Cl. The monoisotopic (exact) mass is 240 g/mol. The van der Waals surface area contributed by atoms with Crippen molar-refractivity contribution < 1.29 is 9.53 Å². The summed E-state index contributed by atoms with van der Waals surface area (Å²) in [6.07, 6.45) is 0.330. The third-order valence-corrected chi connectivity index (χ3v) is 1.90. The fourth-order valence-corrected chi connectivity index (χ4v) is 1.07. The first-order chi connectivity index (χ1) is 7.26. The Kier molecular flexibility index (Phi) is 6.73. The number of carbonyl (C=O) groups excluding carboxylic acids is 1. The molecule has 0 saturated heterocycles. The van der Waals surface area contributed by atoms with Gasteiger partial charge < -0.3 is 10.1 Å². The maximum atomic E-state index is 10.8. The van der Waals surface area contributed by atoms with Crippen LogP contribution in [-0.4, -0.2) is 19.6 Å². The summed E-state index contributed by atoms with van der Waals surface area (Å²) in [5.74, 6) is -0.240. The third kappa shape index (κ3) is 4.67. The number of nitrogens with one attached hydrogen (secondary N) is 1. The number of benzene rings is 1.